The third-order valence-corrected chi connectivity index (χ3v) is 5.63. The van der Waals surface area contributed by atoms with Crippen LogP contribution in [0.1, 0.15) is 5.56 Å². The summed E-state index contributed by atoms with van der Waals surface area (Å²) in [5.74, 6) is -0.401. The van der Waals surface area contributed by atoms with Crippen molar-refractivity contribution in [1.29, 1.82) is 0 Å². The largest absolute Gasteiger partial charge is 0.383 e. The molecule has 0 fully saturated rings. The number of aromatic nitrogens is 4. The SMILES string of the molecule is COCCN(C(=O)CSc1nccn1C)c1c(N)n(Cc2ccccc2)c(=O)[nH]c1=O. The van der Waals surface area contributed by atoms with Crippen LogP contribution >= 0.6 is 11.8 Å². The number of aromatic amines is 1. The molecule has 0 saturated carbocycles. The van der Waals surface area contributed by atoms with Crippen LogP contribution in [0.15, 0.2) is 57.5 Å². The van der Waals surface area contributed by atoms with Crippen molar-refractivity contribution in [3.05, 3.63) is 69.1 Å². The minimum absolute atomic E-state index is 0.0330. The summed E-state index contributed by atoms with van der Waals surface area (Å²) in [5, 5.41) is 0.663. The smallest absolute Gasteiger partial charge is 0.330 e. The number of hydrogen-bond acceptors (Lipinski definition) is 7. The minimum Gasteiger partial charge on any atom is -0.383 e. The minimum atomic E-state index is -0.724. The summed E-state index contributed by atoms with van der Waals surface area (Å²) in [4.78, 5) is 45.8. The van der Waals surface area contributed by atoms with Crippen molar-refractivity contribution in [2.45, 2.75) is 11.7 Å². The molecule has 0 radical (unpaired) electrons. The molecule has 2 aromatic heterocycles. The second-order valence-corrected chi connectivity index (χ2v) is 7.65. The van der Waals surface area contributed by atoms with E-state index < -0.39 is 11.2 Å². The highest BCUT2D eigenvalue weighted by Gasteiger charge is 2.24. The van der Waals surface area contributed by atoms with Crippen LogP contribution in [0.25, 0.3) is 0 Å². The van der Waals surface area contributed by atoms with Crippen LogP contribution in [0, 0.1) is 0 Å². The number of nitrogens with two attached hydrogens (primary N) is 1. The number of carbonyl (C=O) groups is 1. The molecule has 0 aliphatic rings. The second kappa shape index (κ2) is 10.1. The lowest BCUT2D eigenvalue weighted by molar-refractivity contribution is -0.116. The van der Waals surface area contributed by atoms with Gasteiger partial charge in [-0.05, 0) is 5.56 Å². The lowest BCUT2D eigenvalue weighted by Gasteiger charge is -2.24. The Kier molecular flexibility index (Phi) is 7.32. The molecular weight excluding hydrogens is 420 g/mol. The molecule has 31 heavy (non-hydrogen) atoms. The number of thioether (sulfide) groups is 1. The molecule has 0 unspecified atom stereocenters. The number of nitrogen functional groups attached to an aromatic ring is 1. The van der Waals surface area contributed by atoms with Crippen LogP contribution in [-0.4, -0.2) is 51.0 Å². The van der Waals surface area contributed by atoms with E-state index in [-0.39, 0.29) is 42.9 Å². The van der Waals surface area contributed by atoms with Crippen LogP contribution in [0.3, 0.4) is 0 Å². The van der Waals surface area contributed by atoms with Gasteiger partial charge in [0, 0.05) is 33.1 Å². The standard InChI is InChI=1S/C20H24N6O4S/c1-24-9-8-22-20(24)31-13-15(27)25(10-11-30-2)16-17(21)26(19(29)23-18(16)28)12-14-6-4-3-5-7-14/h3-9H,10-13,21H2,1-2H3,(H,23,28,29). The number of methoxy groups -OCH3 is 1. The highest BCUT2D eigenvalue weighted by Crippen LogP contribution is 2.21. The van der Waals surface area contributed by atoms with Gasteiger partial charge in [0.2, 0.25) is 5.91 Å². The van der Waals surface area contributed by atoms with E-state index in [1.807, 2.05) is 37.4 Å². The molecule has 3 rings (SSSR count). The Balaban J connectivity index is 1.95. The number of rotatable bonds is 9. The zero-order valence-electron chi connectivity index (χ0n) is 17.3. The van der Waals surface area contributed by atoms with Crippen molar-refractivity contribution in [2.24, 2.45) is 7.05 Å². The molecule has 3 N–H and O–H groups in total. The van der Waals surface area contributed by atoms with E-state index >= 15 is 0 Å². The van der Waals surface area contributed by atoms with Crippen LogP contribution in [0.2, 0.25) is 0 Å². The molecule has 0 spiro atoms. The van der Waals surface area contributed by atoms with E-state index in [0.717, 1.165) is 5.56 Å². The van der Waals surface area contributed by atoms with E-state index in [4.69, 9.17) is 10.5 Å². The van der Waals surface area contributed by atoms with E-state index in [1.165, 1.54) is 28.3 Å². The van der Waals surface area contributed by atoms with Gasteiger partial charge >= 0.3 is 5.69 Å². The summed E-state index contributed by atoms with van der Waals surface area (Å²) in [7, 11) is 3.32. The molecular formula is C20H24N6O4S. The van der Waals surface area contributed by atoms with Gasteiger partial charge in [0.15, 0.2) is 10.8 Å². The maximum absolute atomic E-state index is 13.0. The summed E-state index contributed by atoms with van der Waals surface area (Å²) in [6, 6.07) is 9.22. The van der Waals surface area contributed by atoms with E-state index in [2.05, 4.69) is 9.97 Å². The van der Waals surface area contributed by atoms with Crippen molar-refractivity contribution in [3.8, 4) is 0 Å². The van der Waals surface area contributed by atoms with Gasteiger partial charge < -0.3 is 19.9 Å². The molecule has 0 saturated heterocycles. The summed E-state index contributed by atoms with van der Waals surface area (Å²) in [6.07, 6.45) is 3.41. The van der Waals surface area contributed by atoms with Gasteiger partial charge in [-0.2, -0.15) is 0 Å². The van der Waals surface area contributed by atoms with Crippen LogP contribution in [0.4, 0.5) is 11.5 Å². The first-order valence-electron chi connectivity index (χ1n) is 9.48. The number of benzene rings is 1. The first-order valence-corrected chi connectivity index (χ1v) is 10.5. The molecule has 0 aliphatic carbocycles. The highest BCUT2D eigenvalue weighted by atomic mass is 32.2. The first kappa shape index (κ1) is 22.4. The van der Waals surface area contributed by atoms with Gasteiger partial charge in [-0.1, -0.05) is 42.1 Å². The van der Waals surface area contributed by atoms with Crippen molar-refractivity contribution >= 4 is 29.2 Å². The maximum atomic E-state index is 13.0. The molecule has 1 amide bonds. The van der Waals surface area contributed by atoms with Gasteiger partial charge in [0.1, 0.15) is 5.82 Å². The van der Waals surface area contributed by atoms with Gasteiger partial charge in [-0.25, -0.2) is 9.78 Å². The normalized spacial score (nSPS) is 10.9. The fourth-order valence-electron chi connectivity index (χ4n) is 3.00. The van der Waals surface area contributed by atoms with Gasteiger partial charge in [0.25, 0.3) is 5.56 Å². The summed E-state index contributed by atoms with van der Waals surface area (Å²) in [6.45, 7) is 0.451. The fourth-order valence-corrected chi connectivity index (χ4v) is 3.81. The lowest BCUT2D eigenvalue weighted by atomic mass is 10.2. The monoisotopic (exact) mass is 444 g/mol. The Bertz CT molecular complexity index is 1150. The van der Waals surface area contributed by atoms with Crippen molar-refractivity contribution in [1.82, 2.24) is 19.1 Å². The van der Waals surface area contributed by atoms with Crippen molar-refractivity contribution in [3.63, 3.8) is 0 Å². The number of H-pyrrole nitrogens is 1. The number of ether oxygens (including phenoxy) is 1. The molecule has 0 aliphatic heterocycles. The van der Waals surface area contributed by atoms with E-state index in [9.17, 15) is 14.4 Å². The number of imidazole rings is 1. The van der Waals surface area contributed by atoms with Crippen LogP contribution in [-0.2, 0) is 23.1 Å². The van der Waals surface area contributed by atoms with Gasteiger partial charge in [-0.15, -0.1) is 0 Å². The molecule has 3 aromatic rings. The first-order chi connectivity index (χ1) is 14.9. The van der Waals surface area contributed by atoms with Gasteiger partial charge in [-0.3, -0.25) is 19.1 Å². The summed E-state index contributed by atoms with van der Waals surface area (Å²) in [5.41, 5.74) is 5.63. The predicted octanol–water partition coefficient (Wildman–Crippen LogP) is 0.672. The summed E-state index contributed by atoms with van der Waals surface area (Å²) >= 11 is 1.24. The number of nitrogens with zero attached hydrogens (tertiary/aromatic N) is 4. The Morgan fingerprint density at radius 3 is 2.68 bits per heavy atom. The third kappa shape index (κ3) is 5.25. The van der Waals surface area contributed by atoms with E-state index in [1.54, 1.807) is 17.0 Å². The molecule has 1 aromatic carbocycles. The molecule has 0 atom stereocenters. The summed E-state index contributed by atoms with van der Waals surface area (Å²) < 4.78 is 8.14. The Hall–Kier alpha value is -3.31. The number of hydrogen-bond donors (Lipinski definition) is 2. The van der Waals surface area contributed by atoms with Crippen molar-refractivity contribution in [2.75, 3.05) is 36.6 Å². The Labute approximate surface area is 182 Å². The topological polar surface area (TPSA) is 128 Å². The van der Waals surface area contributed by atoms with Crippen molar-refractivity contribution < 1.29 is 9.53 Å². The zero-order valence-corrected chi connectivity index (χ0v) is 18.1. The lowest BCUT2D eigenvalue weighted by Crippen LogP contribution is -2.43. The third-order valence-electron chi connectivity index (χ3n) is 4.59. The molecule has 0 bridgehead atoms. The number of aryl methyl sites for hydroxylation is 1. The number of anilines is 2. The predicted molar refractivity (Wildman–Crippen MR) is 119 cm³/mol. The average molecular weight is 445 g/mol. The quantitative estimate of drug-likeness (QED) is 0.464. The highest BCUT2D eigenvalue weighted by molar-refractivity contribution is 7.99. The number of nitrogens with one attached hydrogen (secondary N) is 1. The van der Waals surface area contributed by atoms with Gasteiger partial charge in [0.05, 0.1) is 18.9 Å². The van der Waals surface area contributed by atoms with Crippen LogP contribution in [0.5, 0.6) is 0 Å². The number of carbonyl (C=O) groups excluding carboxylic acids is 1. The maximum Gasteiger partial charge on any atom is 0.330 e. The average Bonchev–Trinajstić information content (AvgIpc) is 3.17. The molecule has 164 valence electrons. The molecule has 10 nitrogen and oxygen atoms in total. The molecule has 2 heterocycles. The Morgan fingerprint density at radius 1 is 1.29 bits per heavy atom. The zero-order chi connectivity index (χ0) is 22.4. The second-order valence-electron chi connectivity index (χ2n) is 6.71. The van der Waals surface area contributed by atoms with E-state index in [0.29, 0.717) is 5.16 Å². The fraction of sp³-hybridized carbons (Fsp3) is 0.300. The van der Waals surface area contributed by atoms with Crippen LogP contribution < -0.4 is 21.9 Å². The molecule has 11 heteroatoms. The number of amides is 1. The Morgan fingerprint density at radius 2 is 2.03 bits per heavy atom.